The molecule has 0 unspecified atom stereocenters. The van der Waals surface area contributed by atoms with Gasteiger partial charge in [-0.15, -0.1) is 0 Å². The first-order chi connectivity index (χ1) is 7.93. The Labute approximate surface area is 96.3 Å². The van der Waals surface area contributed by atoms with Crippen molar-refractivity contribution in [1.82, 2.24) is 0 Å². The normalized spacial score (nSPS) is 10.4. The van der Waals surface area contributed by atoms with Gasteiger partial charge < -0.3 is 20.9 Å². The van der Waals surface area contributed by atoms with Gasteiger partial charge in [0.15, 0.2) is 5.75 Å². The maximum Gasteiger partial charge on any atom is 0.387 e. The maximum absolute atomic E-state index is 12.1. The van der Waals surface area contributed by atoms with E-state index in [1.54, 1.807) is 0 Å². The van der Waals surface area contributed by atoms with Crippen LogP contribution in [0, 0.1) is 0 Å². The number of ether oxygens (including phenoxy) is 2. The largest absolute Gasteiger partial charge is 0.469 e. The zero-order valence-electron chi connectivity index (χ0n) is 9.07. The van der Waals surface area contributed by atoms with E-state index in [0.29, 0.717) is 0 Å². The summed E-state index contributed by atoms with van der Waals surface area (Å²) in [5.74, 6) is -0.802. The lowest BCUT2D eigenvalue weighted by molar-refractivity contribution is -0.139. The molecule has 1 rings (SSSR count). The molecule has 17 heavy (non-hydrogen) atoms. The fourth-order valence-electron chi connectivity index (χ4n) is 1.28. The number of carbonyl (C=O) groups is 1. The SMILES string of the molecule is COC(=O)Cc1cc(N)cc(OC(F)F)c1N. The minimum absolute atomic E-state index is 0.0510. The van der Waals surface area contributed by atoms with Gasteiger partial charge in [0, 0.05) is 11.8 Å². The highest BCUT2D eigenvalue weighted by atomic mass is 19.3. The van der Waals surface area contributed by atoms with Crippen molar-refractivity contribution in [1.29, 1.82) is 0 Å². The molecule has 0 saturated carbocycles. The number of nitrogens with two attached hydrogens (primary N) is 2. The lowest BCUT2D eigenvalue weighted by Crippen LogP contribution is -2.10. The molecule has 0 atom stereocenters. The van der Waals surface area contributed by atoms with Gasteiger partial charge >= 0.3 is 12.6 Å². The fourth-order valence-corrected chi connectivity index (χ4v) is 1.28. The molecule has 0 bridgehead atoms. The number of benzene rings is 1. The molecule has 0 saturated heterocycles. The van der Waals surface area contributed by atoms with Gasteiger partial charge in [0.2, 0.25) is 0 Å². The summed E-state index contributed by atoms with van der Waals surface area (Å²) in [6, 6.07) is 2.58. The molecular formula is C10H12F2N2O3. The number of hydrogen-bond acceptors (Lipinski definition) is 5. The van der Waals surface area contributed by atoms with Gasteiger partial charge in [-0.3, -0.25) is 4.79 Å². The summed E-state index contributed by atoms with van der Waals surface area (Å²) < 4.78 is 32.8. The van der Waals surface area contributed by atoms with E-state index in [0.717, 1.165) is 0 Å². The number of carbonyl (C=O) groups excluding carboxylic acids is 1. The quantitative estimate of drug-likeness (QED) is 0.615. The first kappa shape index (κ1) is 13.0. The van der Waals surface area contributed by atoms with Crippen LogP contribution in [0.5, 0.6) is 5.75 Å². The first-order valence-corrected chi connectivity index (χ1v) is 4.63. The molecule has 1 aromatic rings. The van der Waals surface area contributed by atoms with Crippen molar-refractivity contribution in [2.75, 3.05) is 18.6 Å². The molecule has 0 amide bonds. The average Bonchev–Trinajstić information content (AvgIpc) is 2.23. The topological polar surface area (TPSA) is 87.6 Å². The van der Waals surface area contributed by atoms with E-state index >= 15 is 0 Å². The molecule has 0 spiro atoms. The molecule has 94 valence electrons. The number of rotatable bonds is 4. The Morgan fingerprint density at radius 1 is 1.41 bits per heavy atom. The van der Waals surface area contributed by atoms with Crippen molar-refractivity contribution in [2.24, 2.45) is 0 Å². The highest BCUT2D eigenvalue weighted by molar-refractivity contribution is 5.77. The molecule has 4 N–H and O–H groups in total. The van der Waals surface area contributed by atoms with Crippen LogP contribution in [0.1, 0.15) is 5.56 Å². The van der Waals surface area contributed by atoms with Gasteiger partial charge in [0.25, 0.3) is 0 Å². The molecule has 0 aromatic heterocycles. The van der Waals surface area contributed by atoms with Crippen LogP contribution in [-0.2, 0) is 16.0 Å². The second-order valence-electron chi connectivity index (χ2n) is 3.22. The van der Waals surface area contributed by atoms with E-state index in [4.69, 9.17) is 11.5 Å². The van der Waals surface area contributed by atoms with Gasteiger partial charge in [0.05, 0.1) is 19.2 Å². The van der Waals surface area contributed by atoms with E-state index in [1.165, 1.54) is 19.2 Å². The third kappa shape index (κ3) is 3.47. The van der Waals surface area contributed by atoms with Crippen LogP contribution in [0.15, 0.2) is 12.1 Å². The number of hydrogen-bond donors (Lipinski definition) is 2. The first-order valence-electron chi connectivity index (χ1n) is 4.63. The highest BCUT2D eigenvalue weighted by Gasteiger charge is 2.14. The van der Waals surface area contributed by atoms with E-state index in [9.17, 15) is 13.6 Å². The zero-order chi connectivity index (χ0) is 13.0. The standard InChI is InChI=1S/C10H12F2N2O3/c1-16-8(15)3-5-2-6(13)4-7(9(5)14)17-10(11)12/h2,4,10H,3,13-14H2,1H3. The molecule has 0 fully saturated rings. The molecule has 7 heteroatoms. The summed E-state index contributed by atoms with van der Waals surface area (Å²) in [6.07, 6.45) is -0.160. The Hall–Kier alpha value is -2.05. The molecule has 0 radical (unpaired) electrons. The summed E-state index contributed by atoms with van der Waals surface area (Å²) in [6.45, 7) is -3.01. The van der Waals surface area contributed by atoms with Crippen molar-refractivity contribution >= 4 is 17.3 Å². The Balaban J connectivity index is 3.05. The second-order valence-corrected chi connectivity index (χ2v) is 3.22. The number of halogens is 2. The third-order valence-corrected chi connectivity index (χ3v) is 2.03. The van der Waals surface area contributed by atoms with Crippen molar-refractivity contribution in [3.8, 4) is 5.75 Å². The molecule has 0 aliphatic heterocycles. The lowest BCUT2D eigenvalue weighted by atomic mass is 10.1. The summed E-state index contributed by atoms with van der Waals surface area (Å²) in [5.41, 5.74) is 11.5. The van der Waals surface area contributed by atoms with Crippen LogP contribution in [-0.4, -0.2) is 19.7 Å². The van der Waals surface area contributed by atoms with Crippen LogP contribution < -0.4 is 16.2 Å². The van der Waals surface area contributed by atoms with Crippen molar-refractivity contribution < 1.29 is 23.0 Å². The monoisotopic (exact) mass is 246 g/mol. The maximum atomic E-state index is 12.1. The molecule has 1 aromatic carbocycles. The van der Waals surface area contributed by atoms with E-state index in [2.05, 4.69) is 9.47 Å². The smallest absolute Gasteiger partial charge is 0.387 e. The lowest BCUT2D eigenvalue weighted by Gasteiger charge is -2.12. The Bertz CT molecular complexity index is 424. The molecule has 0 heterocycles. The van der Waals surface area contributed by atoms with Gasteiger partial charge in [-0.2, -0.15) is 8.78 Å². The van der Waals surface area contributed by atoms with Crippen LogP contribution in [0.2, 0.25) is 0 Å². The van der Waals surface area contributed by atoms with Gasteiger partial charge in [-0.05, 0) is 11.6 Å². The minimum Gasteiger partial charge on any atom is -0.469 e. The minimum atomic E-state index is -3.01. The summed E-state index contributed by atoms with van der Waals surface area (Å²) in [7, 11) is 1.21. The van der Waals surface area contributed by atoms with Crippen LogP contribution >= 0.6 is 0 Å². The molecular weight excluding hydrogens is 234 g/mol. The number of alkyl halides is 2. The Morgan fingerprint density at radius 2 is 2.06 bits per heavy atom. The van der Waals surface area contributed by atoms with Gasteiger partial charge in [-0.25, -0.2) is 0 Å². The predicted octanol–water partition coefficient (Wildman–Crippen LogP) is 1.17. The molecule has 5 nitrogen and oxygen atoms in total. The summed E-state index contributed by atoms with van der Waals surface area (Å²) >= 11 is 0. The number of anilines is 2. The van der Waals surface area contributed by atoms with Crippen molar-refractivity contribution in [3.63, 3.8) is 0 Å². The van der Waals surface area contributed by atoms with Crippen LogP contribution in [0.3, 0.4) is 0 Å². The van der Waals surface area contributed by atoms with Crippen LogP contribution in [0.25, 0.3) is 0 Å². The van der Waals surface area contributed by atoms with E-state index in [1.807, 2.05) is 0 Å². The second kappa shape index (κ2) is 5.33. The van der Waals surface area contributed by atoms with Crippen LogP contribution in [0.4, 0.5) is 20.2 Å². The summed E-state index contributed by atoms with van der Waals surface area (Å²) in [4.78, 5) is 11.1. The highest BCUT2D eigenvalue weighted by Crippen LogP contribution is 2.30. The van der Waals surface area contributed by atoms with Gasteiger partial charge in [0.1, 0.15) is 0 Å². The number of nitrogen functional groups attached to an aromatic ring is 2. The fraction of sp³-hybridized carbons (Fsp3) is 0.300. The van der Waals surface area contributed by atoms with Crippen molar-refractivity contribution in [2.45, 2.75) is 13.0 Å². The third-order valence-electron chi connectivity index (χ3n) is 2.03. The van der Waals surface area contributed by atoms with E-state index < -0.39 is 12.6 Å². The Kier molecular flexibility index (Phi) is 4.08. The number of methoxy groups -OCH3 is 1. The zero-order valence-corrected chi connectivity index (χ0v) is 9.07. The Morgan fingerprint density at radius 3 is 2.59 bits per heavy atom. The molecule has 0 aliphatic rings. The predicted molar refractivity (Wildman–Crippen MR) is 57.6 cm³/mol. The molecule has 0 aliphatic carbocycles. The van der Waals surface area contributed by atoms with Crippen molar-refractivity contribution in [3.05, 3.63) is 17.7 Å². The van der Waals surface area contributed by atoms with Gasteiger partial charge in [-0.1, -0.05) is 0 Å². The summed E-state index contributed by atoms with van der Waals surface area (Å²) in [5, 5.41) is 0. The number of esters is 1. The average molecular weight is 246 g/mol. The van der Waals surface area contributed by atoms with E-state index in [-0.39, 0.29) is 29.1 Å².